The van der Waals surface area contributed by atoms with E-state index >= 15 is 0 Å². The molecule has 1 aliphatic carbocycles. The molecule has 0 bridgehead atoms. The van der Waals surface area contributed by atoms with Crippen molar-refractivity contribution in [3.05, 3.63) is 16.8 Å². The Kier molecular flexibility index (Phi) is 6.26. The summed E-state index contributed by atoms with van der Waals surface area (Å²) in [6, 6.07) is 1.66. The highest BCUT2D eigenvalue weighted by Gasteiger charge is 2.34. The molecule has 0 radical (unpaired) electrons. The van der Waals surface area contributed by atoms with Gasteiger partial charge in [-0.15, -0.1) is 11.3 Å². The van der Waals surface area contributed by atoms with Gasteiger partial charge in [-0.05, 0) is 45.1 Å². The molecule has 1 amide bonds. The Labute approximate surface area is 181 Å². The lowest BCUT2D eigenvalue weighted by molar-refractivity contribution is -0.126. The summed E-state index contributed by atoms with van der Waals surface area (Å²) in [6.07, 6.45) is 5.29. The summed E-state index contributed by atoms with van der Waals surface area (Å²) in [4.78, 5) is 18.4. The Hall–Kier alpha value is -1.78. The van der Waals surface area contributed by atoms with Gasteiger partial charge in [0.15, 0.2) is 0 Å². The molecule has 2 aromatic rings. The van der Waals surface area contributed by atoms with Crippen LogP contribution in [0.3, 0.4) is 0 Å². The quantitative estimate of drug-likeness (QED) is 0.691. The first kappa shape index (κ1) is 21.5. The van der Waals surface area contributed by atoms with Gasteiger partial charge in [0.05, 0.1) is 9.77 Å². The molecule has 0 aromatic carbocycles. The van der Waals surface area contributed by atoms with E-state index in [9.17, 15) is 13.2 Å². The van der Waals surface area contributed by atoms with E-state index in [1.165, 1.54) is 22.1 Å². The second kappa shape index (κ2) is 8.76. The highest BCUT2D eigenvalue weighted by atomic mass is 32.2. The SMILES string of the molecule is CCCNC(=O)C1CCN(S(=O)(=O)c2cc(-c3noc(C4CCC4)n3)sc2C)CC1. The molecule has 4 rings (SSSR count). The van der Waals surface area contributed by atoms with E-state index in [1.54, 1.807) is 13.0 Å². The molecule has 164 valence electrons. The predicted octanol–water partition coefficient (Wildman–Crippen LogP) is 3.30. The van der Waals surface area contributed by atoms with Crippen molar-refractivity contribution in [1.29, 1.82) is 0 Å². The number of carbonyl (C=O) groups is 1. The van der Waals surface area contributed by atoms with E-state index in [0.717, 1.165) is 19.3 Å². The van der Waals surface area contributed by atoms with Crippen molar-refractivity contribution in [1.82, 2.24) is 19.8 Å². The van der Waals surface area contributed by atoms with Gasteiger partial charge in [-0.3, -0.25) is 4.79 Å². The summed E-state index contributed by atoms with van der Waals surface area (Å²) in [5, 5.41) is 6.97. The van der Waals surface area contributed by atoms with Crippen LogP contribution >= 0.6 is 11.3 Å². The Morgan fingerprint density at radius 2 is 2.03 bits per heavy atom. The summed E-state index contributed by atoms with van der Waals surface area (Å²) in [6.45, 7) is 5.18. The minimum absolute atomic E-state index is 0.0299. The number of nitrogens with one attached hydrogen (secondary N) is 1. The summed E-state index contributed by atoms with van der Waals surface area (Å²) in [5.74, 6) is 1.35. The van der Waals surface area contributed by atoms with Crippen LogP contribution < -0.4 is 5.32 Å². The standard InChI is InChI=1S/C20H28N4O4S2/c1-3-9-21-19(25)14-7-10-24(11-8-14)30(26,27)17-12-16(29-13(17)2)18-22-20(28-23-18)15-5-4-6-15/h12,14-15H,3-11H2,1-2H3,(H,21,25). The number of amides is 1. The van der Waals surface area contributed by atoms with Gasteiger partial charge in [0.1, 0.15) is 0 Å². The smallest absolute Gasteiger partial charge is 0.244 e. The van der Waals surface area contributed by atoms with E-state index in [2.05, 4.69) is 15.5 Å². The van der Waals surface area contributed by atoms with Gasteiger partial charge >= 0.3 is 0 Å². The molecule has 1 N–H and O–H groups in total. The van der Waals surface area contributed by atoms with Gasteiger partial charge in [0.2, 0.25) is 27.6 Å². The van der Waals surface area contributed by atoms with Crippen molar-refractivity contribution < 1.29 is 17.7 Å². The number of carbonyl (C=O) groups excluding carboxylic acids is 1. The molecule has 30 heavy (non-hydrogen) atoms. The fraction of sp³-hybridized carbons (Fsp3) is 0.650. The first-order valence-electron chi connectivity index (χ1n) is 10.6. The zero-order valence-electron chi connectivity index (χ0n) is 17.4. The predicted molar refractivity (Wildman–Crippen MR) is 114 cm³/mol. The first-order chi connectivity index (χ1) is 14.4. The molecule has 2 aliphatic rings. The molecular formula is C20H28N4O4S2. The molecule has 1 saturated carbocycles. The van der Waals surface area contributed by atoms with Crippen LogP contribution in [0.2, 0.25) is 0 Å². The maximum Gasteiger partial charge on any atom is 0.244 e. The molecule has 0 atom stereocenters. The Morgan fingerprint density at radius 1 is 1.30 bits per heavy atom. The molecule has 10 heteroatoms. The van der Waals surface area contributed by atoms with Crippen LogP contribution in [0.5, 0.6) is 0 Å². The minimum atomic E-state index is -3.62. The number of hydrogen-bond donors (Lipinski definition) is 1. The number of aromatic nitrogens is 2. The lowest BCUT2D eigenvalue weighted by atomic mass is 9.85. The van der Waals surface area contributed by atoms with Crippen LogP contribution in [0.4, 0.5) is 0 Å². The lowest BCUT2D eigenvalue weighted by Crippen LogP contribution is -2.43. The van der Waals surface area contributed by atoms with Crippen molar-refractivity contribution in [3.63, 3.8) is 0 Å². The summed E-state index contributed by atoms with van der Waals surface area (Å²) >= 11 is 1.37. The molecule has 1 aliphatic heterocycles. The molecular weight excluding hydrogens is 424 g/mol. The van der Waals surface area contributed by atoms with Crippen LogP contribution in [-0.2, 0) is 14.8 Å². The van der Waals surface area contributed by atoms with Crippen LogP contribution in [0, 0.1) is 12.8 Å². The number of aryl methyl sites for hydroxylation is 1. The number of nitrogens with zero attached hydrogens (tertiary/aromatic N) is 3. The Balaban J connectivity index is 1.46. The van der Waals surface area contributed by atoms with Crippen molar-refractivity contribution >= 4 is 27.3 Å². The third-order valence-electron chi connectivity index (χ3n) is 5.98. The van der Waals surface area contributed by atoms with Gasteiger partial charge in [0, 0.05) is 36.3 Å². The van der Waals surface area contributed by atoms with Crippen molar-refractivity contribution in [2.24, 2.45) is 5.92 Å². The van der Waals surface area contributed by atoms with E-state index in [0.29, 0.717) is 64.8 Å². The van der Waals surface area contributed by atoms with E-state index in [-0.39, 0.29) is 11.8 Å². The van der Waals surface area contributed by atoms with Crippen LogP contribution in [0.15, 0.2) is 15.5 Å². The van der Waals surface area contributed by atoms with Crippen molar-refractivity contribution in [2.45, 2.75) is 63.2 Å². The van der Waals surface area contributed by atoms with Gasteiger partial charge in [-0.2, -0.15) is 9.29 Å². The zero-order valence-corrected chi connectivity index (χ0v) is 19.0. The number of rotatable bonds is 7. The Bertz CT molecular complexity index is 1000. The zero-order chi connectivity index (χ0) is 21.3. The Morgan fingerprint density at radius 3 is 2.67 bits per heavy atom. The largest absolute Gasteiger partial charge is 0.356 e. The topological polar surface area (TPSA) is 105 Å². The van der Waals surface area contributed by atoms with Crippen molar-refractivity contribution in [2.75, 3.05) is 19.6 Å². The van der Waals surface area contributed by atoms with E-state index in [1.807, 2.05) is 6.92 Å². The number of piperidine rings is 1. The summed E-state index contributed by atoms with van der Waals surface area (Å²) in [7, 11) is -3.62. The molecule has 2 aromatic heterocycles. The molecule has 3 heterocycles. The lowest BCUT2D eigenvalue weighted by Gasteiger charge is -2.30. The maximum absolute atomic E-state index is 13.2. The van der Waals surface area contributed by atoms with Gasteiger partial charge in [-0.25, -0.2) is 8.42 Å². The van der Waals surface area contributed by atoms with Crippen LogP contribution in [0.25, 0.3) is 10.7 Å². The maximum atomic E-state index is 13.2. The normalized spacial score (nSPS) is 19.0. The van der Waals surface area contributed by atoms with Gasteiger partial charge in [-0.1, -0.05) is 18.5 Å². The summed E-state index contributed by atoms with van der Waals surface area (Å²) in [5.41, 5.74) is 0. The van der Waals surface area contributed by atoms with Crippen LogP contribution in [-0.4, -0.2) is 48.4 Å². The average Bonchev–Trinajstić information content (AvgIpc) is 3.32. The molecule has 0 unspecified atom stereocenters. The highest BCUT2D eigenvalue weighted by Crippen LogP contribution is 2.38. The number of hydrogen-bond acceptors (Lipinski definition) is 7. The third-order valence-corrected chi connectivity index (χ3v) is 9.18. The minimum Gasteiger partial charge on any atom is -0.356 e. The third kappa shape index (κ3) is 4.17. The molecule has 0 spiro atoms. The fourth-order valence-corrected chi connectivity index (χ4v) is 6.83. The van der Waals surface area contributed by atoms with Crippen LogP contribution in [0.1, 0.15) is 62.1 Å². The first-order valence-corrected chi connectivity index (χ1v) is 12.9. The summed E-state index contributed by atoms with van der Waals surface area (Å²) < 4.78 is 33.4. The van der Waals surface area contributed by atoms with Gasteiger partial charge < -0.3 is 9.84 Å². The molecule has 8 nitrogen and oxygen atoms in total. The average molecular weight is 453 g/mol. The van der Waals surface area contributed by atoms with Gasteiger partial charge in [0.25, 0.3) is 0 Å². The number of sulfonamides is 1. The second-order valence-electron chi connectivity index (χ2n) is 8.08. The fourth-order valence-electron chi connectivity index (χ4n) is 3.88. The second-order valence-corrected chi connectivity index (χ2v) is 11.2. The highest BCUT2D eigenvalue weighted by molar-refractivity contribution is 7.89. The molecule has 1 saturated heterocycles. The van der Waals surface area contributed by atoms with Crippen molar-refractivity contribution in [3.8, 4) is 10.7 Å². The number of thiophene rings is 1. The van der Waals surface area contributed by atoms with E-state index in [4.69, 9.17) is 4.52 Å². The van der Waals surface area contributed by atoms with E-state index < -0.39 is 10.0 Å². The monoisotopic (exact) mass is 452 g/mol. The molecule has 2 fully saturated rings.